The summed E-state index contributed by atoms with van der Waals surface area (Å²) < 4.78 is 0. The van der Waals surface area contributed by atoms with E-state index in [-0.39, 0.29) is 5.91 Å². The topological polar surface area (TPSA) is 83.6 Å². The lowest BCUT2D eigenvalue weighted by atomic mass is 10.1. The molecule has 1 amide bonds. The molecule has 29 heavy (non-hydrogen) atoms. The molecule has 2 N–H and O–H groups in total. The molecule has 0 aliphatic heterocycles. The first-order chi connectivity index (χ1) is 14.1. The average Bonchev–Trinajstić information content (AvgIpc) is 3.44. The first-order valence-corrected chi connectivity index (χ1v) is 9.79. The Morgan fingerprint density at radius 3 is 2.76 bits per heavy atom. The SMILES string of the molecule is Cc1ccc2nc(C)c(C(=O)Nc3cccc(-c4n[nH]c(C5CC5)n4)c3)cc2c1. The van der Waals surface area contributed by atoms with E-state index in [0.717, 1.165) is 27.9 Å². The van der Waals surface area contributed by atoms with E-state index in [9.17, 15) is 4.79 Å². The van der Waals surface area contributed by atoms with E-state index >= 15 is 0 Å². The van der Waals surface area contributed by atoms with Crippen LogP contribution in [0.1, 0.15) is 46.2 Å². The molecule has 0 radical (unpaired) electrons. The van der Waals surface area contributed by atoms with Gasteiger partial charge in [-0.15, -0.1) is 0 Å². The molecule has 0 atom stereocenters. The van der Waals surface area contributed by atoms with Crippen molar-refractivity contribution in [3.63, 3.8) is 0 Å². The van der Waals surface area contributed by atoms with Crippen LogP contribution in [-0.2, 0) is 0 Å². The van der Waals surface area contributed by atoms with Gasteiger partial charge in [-0.2, -0.15) is 5.10 Å². The van der Waals surface area contributed by atoms with E-state index in [0.29, 0.717) is 28.7 Å². The number of fused-ring (bicyclic) bond motifs is 1. The van der Waals surface area contributed by atoms with Crippen LogP contribution >= 0.6 is 0 Å². The largest absolute Gasteiger partial charge is 0.322 e. The lowest BCUT2D eigenvalue weighted by molar-refractivity contribution is 0.102. The van der Waals surface area contributed by atoms with Crippen molar-refractivity contribution in [2.75, 3.05) is 5.32 Å². The Bertz CT molecular complexity index is 1240. The molecule has 1 aliphatic rings. The minimum absolute atomic E-state index is 0.177. The molecule has 1 fully saturated rings. The van der Waals surface area contributed by atoms with E-state index in [4.69, 9.17) is 0 Å². The molecule has 4 aromatic rings. The molecule has 144 valence electrons. The number of amides is 1. The zero-order valence-electron chi connectivity index (χ0n) is 16.4. The summed E-state index contributed by atoms with van der Waals surface area (Å²) in [6, 6.07) is 15.6. The molecule has 2 heterocycles. The molecular weight excluding hydrogens is 362 g/mol. The van der Waals surface area contributed by atoms with Crippen LogP contribution in [0.5, 0.6) is 0 Å². The van der Waals surface area contributed by atoms with Crippen molar-refractivity contribution >= 4 is 22.5 Å². The fourth-order valence-corrected chi connectivity index (χ4v) is 3.50. The van der Waals surface area contributed by atoms with Crippen LogP contribution in [0.4, 0.5) is 5.69 Å². The number of pyridine rings is 1. The van der Waals surface area contributed by atoms with Gasteiger partial charge in [0.05, 0.1) is 16.8 Å². The third kappa shape index (κ3) is 3.49. The lowest BCUT2D eigenvalue weighted by Crippen LogP contribution is -2.14. The maximum atomic E-state index is 12.9. The average molecular weight is 383 g/mol. The summed E-state index contributed by atoms with van der Waals surface area (Å²) in [4.78, 5) is 22.1. The molecule has 5 rings (SSSR count). The number of aromatic amines is 1. The summed E-state index contributed by atoms with van der Waals surface area (Å²) in [7, 11) is 0. The molecule has 0 spiro atoms. The Morgan fingerprint density at radius 1 is 1.07 bits per heavy atom. The number of aromatic nitrogens is 4. The molecule has 2 aromatic heterocycles. The van der Waals surface area contributed by atoms with Gasteiger partial charge in [0, 0.05) is 22.6 Å². The van der Waals surface area contributed by atoms with Gasteiger partial charge in [-0.25, -0.2) is 4.98 Å². The second-order valence-electron chi connectivity index (χ2n) is 7.67. The zero-order chi connectivity index (χ0) is 20.0. The Hall–Kier alpha value is -3.54. The van der Waals surface area contributed by atoms with Gasteiger partial charge in [0.15, 0.2) is 5.82 Å². The van der Waals surface area contributed by atoms with E-state index in [1.54, 1.807) is 0 Å². The second-order valence-corrected chi connectivity index (χ2v) is 7.67. The number of carbonyl (C=O) groups excluding carboxylic acids is 1. The maximum absolute atomic E-state index is 12.9. The van der Waals surface area contributed by atoms with Crippen molar-refractivity contribution in [3.8, 4) is 11.4 Å². The fraction of sp³-hybridized carbons (Fsp3) is 0.217. The third-order valence-electron chi connectivity index (χ3n) is 5.25. The highest BCUT2D eigenvalue weighted by molar-refractivity contribution is 6.07. The highest BCUT2D eigenvalue weighted by Crippen LogP contribution is 2.38. The second kappa shape index (κ2) is 6.81. The number of aryl methyl sites for hydroxylation is 2. The van der Waals surface area contributed by atoms with Gasteiger partial charge in [0.25, 0.3) is 5.91 Å². The first kappa shape index (κ1) is 17.6. The number of H-pyrrole nitrogens is 1. The van der Waals surface area contributed by atoms with Gasteiger partial charge in [0.2, 0.25) is 0 Å². The molecule has 2 aromatic carbocycles. The minimum atomic E-state index is -0.177. The normalized spacial score (nSPS) is 13.6. The Labute approximate surface area is 168 Å². The summed E-state index contributed by atoms with van der Waals surface area (Å²) in [5.41, 5.74) is 4.88. The van der Waals surface area contributed by atoms with Crippen molar-refractivity contribution in [1.82, 2.24) is 20.2 Å². The maximum Gasteiger partial charge on any atom is 0.257 e. The Balaban J connectivity index is 1.41. The van der Waals surface area contributed by atoms with Crippen molar-refractivity contribution in [1.29, 1.82) is 0 Å². The van der Waals surface area contributed by atoms with Gasteiger partial charge in [-0.05, 0) is 57.0 Å². The fourth-order valence-electron chi connectivity index (χ4n) is 3.50. The van der Waals surface area contributed by atoms with E-state index < -0.39 is 0 Å². The number of nitrogens with zero attached hydrogens (tertiary/aromatic N) is 3. The number of anilines is 1. The first-order valence-electron chi connectivity index (χ1n) is 9.79. The molecule has 1 aliphatic carbocycles. The number of carbonyl (C=O) groups is 1. The molecular formula is C23H21N5O. The number of hydrogen-bond donors (Lipinski definition) is 2. The summed E-state index contributed by atoms with van der Waals surface area (Å²) in [5.74, 6) is 1.94. The number of benzene rings is 2. The number of hydrogen-bond acceptors (Lipinski definition) is 4. The highest BCUT2D eigenvalue weighted by atomic mass is 16.1. The molecule has 6 heteroatoms. The minimum Gasteiger partial charge on any atom is -0.322 e. The number of nitrogens with one attached hydrogen (secondary N) is 2. The quantitative estimate of drug-likeness (QED) is 0.532. The van der Waals surface area contributed by atoms with E-state index in [1.807, 2.05) is 62.4 Å². The van der Waals surface area contributed by atoms with E-state index in [1.165, 1.54) is 12.8 Å². The van der Waals surface area contributed by atoms with Gasteiger partial charge in [0.1, 0.15) is 5.82 Å². The van der Waals surface area contributed by atoms with Gasteiger partial charge in [-0.3, -0.25) is 14.9 Å². The predicted molar refractivity (Wildman–Crippen MR) is 113 cm³/mol. The Morgan fingerprint density at radius 2 is 1.93 bits per heavy atom. The summed E-state index contributed by atoms with van der Waals surface area (Å²) in [6.07, 6.45) is 2.34. The number of rotatable bonds is 4. The van der Waals surface area contributed by atoms with Crippen LogP contribution in [0, 0.1) is 13.8 Å². The lowest BCUT2D eigenvalue weighted by Gasteiger charge is -2.10. The molecule has 0 bridgehead atoms. The van der Waals surface area contributed by atoms with Crippen LogP contribution in [0.3, 0.4) is 0 Å². The van der Waals surface area contributed by atoms with E-state index in [2.05, 4.69) is 25.5 Å². The predicted octanol–water partition coefficient (Wildman–Crippen LogP) is 4.77. The zero-order valence-corrected chi connectivity index (χ0v) is 16.4. The molecule has 6 nitrogen and oxygen atoms in total. The molecule has 0 unspecified atom stereocenters. The van der Waals surface area contributed by atoms with Crippen molar-refractivity contribution in [2.45, 2.75) is 32.6 Å². The third-order valence-corrected chi connectivity index (χ3v) is 5.25. The van der Waals surface area contributed by atoms with Crippen LogP contribution in [0.15, 0.2) is 48.5 Å². The van der Waals surface area contributed by atoms with Crippen LogP contribution in [-0.4, -0.2) is 26.1 Å². The van der Waals surface area contributed by atoms with Crippen molar-refractivity contribution in [3.05, 3.63) is 71.2 Å². The monoisotopic (exact) mass is 383 g/mol. The summed E-state index contributed by atoms with van der Waals surface area (Å²) >= 11 is 0. The van der Waals surface area contributed by atoms with Crippen LogP contribution < -0.4 is 5.32 Å². The molecule has 0 saturated heterocycles. The summed E-state index contributed by atoms with van der Waals surface area (Å²) in [6.45, 7) is 3.89. The van der Waals surface area contributed by atoms with Crippen LogP contribution in [0.2, 0.25) is 0 Å². The highest BCUT2D eigenvalue weighted by Gasteiger charge is 2.27. The standard InChI is InChI=1S/C23H21N5O/c1-13-6-9-20-17(10-13)12-19(14(2)24-20)23(29)25-18-5-3-4-16(11-18)22-26-21(27-28-22)15-7-8-15/h3-6,9-12,15H,7-8H2,1-2H3,(H,25,29)(H,26,27,28). The van der Waals surface area contributed by atoms with Gasteiger partial charge >= 0.3 is 0 Å². The smallest absolute Gasteiger partial charge is 0.257 e. The van der Waals surface area contributed by atoms with Gasteiger partial charge < -0.3 is 5.32 Å². The van der Waals surface area contributed by atoms with Crippen LogP contribution in [0.25, 0.3) is 22.3 Å². The van der Waals surface area contributed by atoms with Crippen molar-refractivity contribution in [2.24, 2.45) is 0 Å². The molecule has 1 saturated carbocycles. The summed E-state index contributed by atoms with van der Waals surface area (Å²) in [5, 5.41) is 11.3. The van der Waals surface area contributed by atoms with Gasteiger partial charge in [-0.1, -0.05) is 23.8 Å². The Kier molecular flexibility index (Phi) is 4.12. The van der Waals surface area contributed by atoms with Crippen molar-refractivity contribution < 1.29 is 4.79 Å².